The van der Waals surface area contributed by atoms with Crippen molar-refractivity contribution in [1.29, 1.82) is 0 Å². The Hall–Kier alpha value is -2.69. The van der Waals surface area contributed by atoms with Crippen LogP contribution in [0.15, 0.2) is 36.7 Å². The molecule has 3 heterocycles. The van der Waals surface area contributed by atoms with Crippen LogP contribution in [0.25, 0.3) is 11.0 Å². The van der Waals surface area contributed by atoms with Gasteiger partial charge in [-0.1, -0.05) is 12.1 Å². The molecule has 2 N–H and O–H groups in total. The summed E-state index contributed by atoms with van der Waals surface area (Å²) < 4.78 is 0.779. The summed E-state index contributed by atoms with van der Waals surface area (Å²) in [5, 5.41) is 17.5. The van der Waals surface area contributed by atoms with Crippen molar-refractivity contribution in [3.8, 4) is 0 Å². The second kappa shape index (κ2) is 6.24. The van der Waals surface area contributed by atoms with E-state index in [2.05, 4.69) is 15.4 Å². The molecule has 0 aliphatic carbocycles. The Bertz CT molecular complexity index is 1050. The number of pyridine rings is 1. The fourth-order valence-electron chi connectivity index (χ4n) is 3.07. The van der Waals surface area contributed by atoms with Crippen LogP contribution in [0.4, 0.5) is 11.4 Å². The minimum Gasteiger partial charge on any atom is -0.479 e. The van der Waals surface area contributed by atoms with Crippen molar-refractivity contribution >= 4 is 56.9 Å². The zero-order valence-corrected chi connectivity index (χ0v) is 15.8. The number of carboxylic acid groups (broad SMARTS) is 1. The molecule has 1 amide bonds. The Balaban J connectivity index is 1.68. The molecule has 0 spiro atoms. The molecule has 9 heteroatoms. The van der Waals surface area contributed by atoms with E-state index in [1.807, 2.05) is 25.2 Å². The van der Waals surface area contributed by atoms with Gasteiger partial charge in [-0.25, -0.2) is 9.78 Å². The summed E-state index contributed by atoms with van der Waals surface area (Å²) in [7, 11) is 1.82. The van der Waals surface area contributed by atoms with Gasteiger partial charge in [0, 0.05) is 19.0 Å². The van der Waals surface area contributed by atoms with E-state index >= 15 is 0 Å². The number of hydrogen-bond acceptors (Lipinski definition) is 5. The van der Waals surface area contributed by atoms with Crippen molar-refractivity contribution in [3.63, 3.8) is 0 Å². The minimum absolute atomic E-state index is 0.281. The van der Waals surface area contributed by atoms with Crippen molar-refractivity contribution in [2.45, 2.75) is 10.6 Å². The van der Waals surface area contributed by atoms with Gasteiger partial charge >= 0.3 is 5.97 Å². The molecule has 0 saturated heterocycles. The van der Waals surface area contributed by atoms with Crippen LogP contribution in [-0.2, 0) is 18.4 Å². The van der Waals surface area contributed by atoms with Crippen LogP contribution in [0.3, 0.4) is 0 Å². The highest BCUT2D eigenvalue weighted by atomic mass is 127. The van der Waals surface area contributed by atoms with E-state index in [0.717, 1.165) is 22.3 Å². The molecular formula is C17H14IN5O3. The molecule has 0 radical (unpaired) electrons. The number of carbonyl (C=O) groups is 2. The third kappa shape index (κ3) is 2.68. The molecule has 1 unspecified atom stereocenters. The van der Waals surface area contributed by atoms with Gasteiger partial charge in [-0.15, -0.1) is 0 Å². The topological polar surface area (TPSA) is 100 Å². The lowest BCUT2D eigenvalue weighted by molar-refractivity contribution is -0.138. The number of benzene rings is 1. The predicted molar refractivity (Wildman–Crippen MR) is 104 cm³/mol. The van der Waals surface area contributed by atoms with Gasteiger partial charge in [0.1, 0.15) is 0 Å². The maximum absolute atomic E-state index is 12.8. The van der Waals surface area contributed by atoms with E-state index in [1.54, 1.807) is 45.7 Å². The average Bonchev–Trinajstić information content (AvgIpc) is 3.15. The number of halogens is 1. The van der Waals surface area contributed by atoms with Crippen molar-refractivity contribution in [2.24, 2.45) is 7.05 Å². The van der Waals surface area contributed by atoms with Crippen molar-refractivity contribution < 1.29 is 14.7 Å². The molecule has 1 aromatic carbocycles. The fourth-order valence-corrected chi connectivity index (χ4v) is 3.52. The maximum Gasteiger partial charge on any atom is 0.336 e. The van der Waals surface area contributed by atoms with E-state index < -0.39 is 10.0 Å². The van der Waals surface area contributed by atoms with Gasteiger partial charge < -0.3 is 15.3 Å². The number of nitrogens with zero attached hydrogens (tertiary/aromatic N) is 4. The lowest BCUT2D eigenvalue weighted by atomic mass is 10.1. The van der Waals surface area contributed by atoms with Gasteiger partial charge in [-0.05, 0) is 40.3 Å². The van der Waals surface area contributed by atoms with Gasteiger partial charge in [-0.2, -0.15) is 5.10 Å². The van der Waals surface area contributed by atoms with Gasteiger partial charge in [0.25, 0.3) is 5.91 Å². The Morgan fingerprint density at radius 2 is 2.19 bits per heavy atom. The van der Waals surface area contributed by atoms with Gasteiger partial charge in [0.2, 0.25) is 0 Å². The first-order chi connectivity index (χ1) is 12.5. The summed E-state index contributed by atoms with van der Waals surface area (Å²) in [5.41, 5.74) is 3.44. The molecule has 0 bridgehead atoms. The molecule has 3 aromatic rings. The summed E-state index contributed by atoms with van der Waals surface area (Å²) in [6, 6.07) is 7.39. The quantitative estimate of drug-likeness (QED) is 0.351. The highest BCUT2D eigenvalue weighted by Crippen LogP contribution is 2.33. The summed E-state index contributed by atoms with van der Waals surface area (Å²) in [6.45, 7) is 0.281. The number of carboxylic acids is 1. The Morgan fingerprint density at radius 3 is 2.96 bits per heavy atom. The molecule has 8 nitrogen and oxygen atoms in total. The van der Waals surface area contributed by atoms with Crippen LogP contribution in [-0.4, -0.2) is 40.7 Å². The number of aromatic nitrogens is 3. The fraction of sp³-hybridized carbons (Fsp3) is 0.176. The Morgan fingerprint density at radius 1 is 1.38 bits per heavy atom. The number of aryl methyl sites for hydroxylation is 1. The molecule has 2 aromatic heterocycles. The third-order valence-corrected chi connectivity index (χ3v) is 5.50. The molecule has 4 rings (SSSR count). The zero-order valence-electron chi connectivity index (χ0n) is 13.7. The van der Waals surface area contributed by atoms with Crippen LogP contribution in [0, 0.1) is 0 Å². The number of aliphatic carboxylic acids is 1. The molecular weight excluding hydrogens is 449 g/mol. The van der Waals surface area contributed by atoms with E-state index in [9.17, 15) is 14.7 Å². The summed E-state index contributed by atoms with van der Waals surface area (Å²) >= 11 is 1.76. The van der Waals surface area contributed by atoms with Gasteiger partial charge in [0.15, 0.2) is 9.70 Å². The summed E-state index contributed by atoms with van der Waals surface area (Å²) in [4.78, 5) is 29.7. The van der Waals surface area contributed by atoms with Crippen LogP contribution < -0.4 is 5.32 Å². The highest BCUT2D eigenvalue weighted by molar-refractivity contribution is 14.1. The number of alkyl halides is 1. The number of anilines is 2. The first kappa shape index (κ1) is 16.8. The molecule has 1 aliphatic rings. The lowest BCUT2D eigenvalue weighted by Crippen LogP contribution is -2.36. The maximum atomic E-state index is 12.8. The minimum atomic E-state index is -1.03. The van der Waals surface area contributed by atoms with E-state index in [4.69, 9.17) is 0 Å². The molecule has 0 saturated carbocycles. The normalized spacial score (nSPS) is 14.5. The standard InChI is InChI=1S/C17H14IN5O3/c1-22-15-10(6-20-22)5-11(7-19-15)21-12-4-2-3-9-8-23(14(18)17(25)26)16(24)13(9)12/h2-7,14,21H,8H2,1H3,(H,25,26). The SMILES string of the molecule is Cn1ncc2cc(Nc3cccc4c3C(=O)N(C(I)C(=O)O)C4)cnc21. The first-order valence-corrected chi connectivity index (χ1v) is 9.05. The molecule has 132 valence electrons. The molecule has 26 heavy (non-hydrogen) atoms. The lowest BCUT2D eigenvalue weighted by Gasteiger charge is -2.18. The monoisotopic (exact) mass is 463 g/mol. The molecule has 0 fully saturated rings. The number of nitrogens with one attached hydrogen (secondary N) is 1. The third-order valence-electron chi connectivity index (χ3n) is 4.29. The number of fused-ring (bicyclic) bond motifs is 2. The molecule has 1 aliphatic heterocycles. The largest absolute Gasteiger partial charge is 0.479 e. The van der Waals surface area contributed by atoms with Crippen LogP contribution >= 0.6 is 22.6 Å². The molecule has 1 atom stereocenters. The van der Waals surface area contributed by atoms with Crippen molar-refractivity contribution in [3.05, 3.63) is 47.8 Å². The smallest absolute Gasteiger partial charge is 0.336 e. The van der Waals surface area contributed by atoms with Crippen molar-refractivity contribution in [2.75, 3.05) is 5.32 Å². The summed E-state index contributed by atoms with van der Waals surface area (Å²) in [5.74, 6) is -1.33. The van der Waals surface area contributed by atoms with E-state index in [1.165, 1.54) is 4.90 Å². The van der Waals surface area contributed by atoms with E-state index in [0.29, 0.717) is 11.3 Å². The van der Waals surface area contributed by atoms with Crippen LogP contribution in [0.5, 0.6) is 0 Å². The van der Waals surface area contributed by atoms with Crippen molar-refractivity contribution in [1.82, 2.24) is 19.7 Å². The Labute approximate surface area is 162 Å². The van der Waals surface area contributed by atoms with Crippen LogP contribution in [0.2, 0.25) is 0 Å². The number of carbonyl (C=O) groups excluding carboxylic acids is 1. The number of amides is 1. The summed E-state index contributed by atoms with van der Waals surface area (Å²) in [6.07, 6.45) is 3.41. The highest BCUT2D eigenvalue weighted by Gasteiger charge is 2.36. The number of hydrogen-bond donors (Lipinski definition) is 2. The average molecular weight is 463 g/mol. The Kier molecular flexibility index (Phi) is 4.02. The van der Waals surface area contributed by atoms with Gasteiger partial charge in [0.05, 0.1) is 29.3 Å². The first-order valence-electron chi connectivity index (χ1n) is 7.80. The van der Waals surface area contributed by atoms with E-state index in [-0.39, 0.29) is 12.5 Å². The number of rotatable bonds is 4. The second-order valence-electron chi connectivity index (χ2n) is 5.98. The second-order valence-corrected chi connectivity index (χ2v) is 7.16. The predicted octanol–water partition coefficient (Wildman–Crippen LogP) is 2.51. The van der Waals surface area contributed by atoms with Gasteiger partial charge in [-0.3, -0.25) is 9.48 Å². The zero-order chi connectivity index (χ0) is 18.4. The van der Waals surface area contributed by atoms with Crippen LogP contribution in [0.1, 0.15) is 15.9 Å².